The Bertz CT molecular complexity index is 232. The Morgan fingerprint density at radius 1 is 1.45 bits per heavy atom. The minimum absolute atomic E-state index is 0.0121. The van der Waals surface area contributed by atoms with Crippen molar-refractivity contribution in [3.63, 3.8) is 0 Å². The maximum atomic E-state index is 10.1. The Hall–Kier alpha value is -0.892. The van der Waals surface area contributed by atoms with E-state index in [9.17, 15) is 14.9 Å². The molecule has 5 heteroatoms. The van der Waals surface area contributed by atoms with Crippen LogP contribution in [0.15, 0.2) is 23.9 Å². The first-order valence-electron chi connectivity index (χ1n) is 2.64. The summed E-state index contributed by atoms with van der Waals surface area (Å²) in [7, 11) is 0. The van der Waals surface area contributed by atoms with Crippen LogP contribution < -0.4 is 0 Å². The molecule has 0 bridgehead atoms. The van der Waals surface area contributed by atoms with Gasteiger partial charge in [-0.25, -0.2) is 0 Å². The first-order valence-corrected chi connectivity index (χ1v) is 4.33. The maximum absolute atomic E-state index is 10.1. The van der Waals surface area contributed by atoms with Gasteiger partial charge < -0.3 is 0 Å². The zero-order chi connectivity index (χ0) is 8.69. The molecule has 0 amide bonds. The van der Waals surface area contributed by atoms with Gasteiger partial charge in [-0.3, -0.25) is 0 Å². The summed E-state index contributed by atoms with van der Waals surface area (Å²) in [6.07, 6.45) is 4.38. The second-order valence-corrected chi connectivity index (χ2v) is 2.33. The summed E-state index contributed by atoms with van der Waals surface area (Å²) >= 11 is 1.00. The van der Waals surface area contributed by atoms with Gasteiger partial charge in [0.2, 0.25) is 0 Å². The molecule has 0 heterocycles. The number of aldehydes is 1. The quantitative estimate of drug-likeness (QED) is 0.245. The molecule has 0 radical (unpaired) electrons. The average Bonchev–Trinajstić information content (AvgIpc) is 1.97. The van der Waals surface area contributed by atoms with Crippen molar-refractivity contribution in [2.75, 3.05) is 0 Å². The Labute approximate surface area is 74.2 Å². The average molecular weight is 323 g/mol. The van der Waals surface area contributed by atoms with Crippen LogP contribution in [0.3, 0.4) is 0 Å². The topological polar surface area (TPSA) is 60.2 Å². The summed E-state index contributed by atoms with van der Waals surface area (Å²) in [5.74, 6) is 0. The number of nitro groups is 1. The van der Waals surface area contributed by atoms with Crippen LogP contribution in [0.25, 0.3) is 0 Å². The van der Waals surface area contributed by atoms with E-state index in [4.69, 9.17) is 0 Å². The molecule has 0 saturated carbocycles. The molecular formula is C6H5NO3W. The number of carbonyl (C=O) groups excluding carboxylic acids is 1. The van der Waals surface area contributed by atoms with Gasteiger partial charge in [0.25, 0.3) is 0 Å². The molecule has 0 aliphatic carbocycles. The third kappa shape index (κ3) is 4.50. The number of nitrogens with zero attached hydrogens (tertiary/aromatic N) is 1. The molecule has 0 aliphatic heterocycles. The van der Waals surface area contributed by atoms with E-state index in [-0.39, 0.29) is 5.70 Å². The van der Waals surface area contributed by atoms with Crippen LogP contribution in [0.2, 0.25) is 0 Å². The van der Waals surface area contributed by atoms with Crippen LogP contribution >= 0.6 is 0 Å². The van der Waals surface area contributed by atoms with Gasteiger partial charge in [-0.05, 0) is 0 Å². The van der Waals surface area contributed by atoms with E-state index in [1.807, 2.05) is 0 Å². The molecule has 0 aliphatic rings. The number of carbonyl (C=O) groups is 1. The second-order valence-electron chi connectivity index (χ2n) is 1.49. The van der Waals surface area contributed by atoms with E-state index in [0.29, 0.717) is 6.29 Å². The zero-order valence-electron chi connectivity index (χ0n) is 5.47. The molecule has 0 N–H and O–H groups in total. The first-order chi connectivity index (χ1) is 5.22. The summed E-state index contributed by atoms with van der Waals surface area (Å²) in [5, 5.41) is 10.1. The van der Waals surface area contributed by atoms with Gasteiger partial charge in [-0.15, -0.1) is 0 Å². The molecule has 0 saturated heterocycles. The summed E-state index contributed by atoms with van der Waals surface area (Å²) in [4.78, 5) is 19.4. The standard InChI is InChI=1S/C6H5NO3.W/c1-6(7(9)10)4-2-3-5-8;/h1-5H;/b3-2?,6-4+;. The molecule has 4 nitrogen and oxygen atoms in total. The Balaban J connectivity index is 4.35. The molecule has 0 aromatic rings. The van der Waals surface area contributed by atoms with Gasteiger partial charge in [0.1, 0.15) is 0 Å². The van der Waals surface area contributed by atoms with E-state index in [1.54, 1.807) is 0 Å². The van der Waals surface area contributed by atoms with E-state index < -0.39 is 4.92 Å². The predicted molar refractivity (Wildman–Crippen MR) is 36.3 cm³/mol. The Morgan fingerprint density at radius 3 is 2.45 bits per heavy atom. The van der Waals surface area contributed by atoms with Crippen molar-refractivity contribution in [2.24, 2.45) is 0 Å². The molecule has 0 unspecified atom stereocenters. The van der Waals surface area contributed by atoms with E-state index >= 15 is 0 Å². The molecule has 0 spiro atoms. The summed E-state index contributed by atoms with van der Waals surface area (Å²) < 4.78 is 1.44. The van der Waals surface area contributed by atoms with Gasteiger partial charge in [-0.1, -0.05) is 0 Å². The molecule has 0 aromatic heterocycles. The van der Waals surface area contributed by atoms with Crippen LogP contribution in [0.4, 0.5) is 0 Å². The number of hydrogen-bond donors (Lipinski definition) is 0. The van der Waals surface area contributed by atoms with Crippen LogP contribution in [0.1, 0.15) is 0 Å². The number of rotatable bonds is 4. The van der Waals surface area contributed by atoms with Crippen LogP contribution in [0.5, 0.6) is 0 Å². The van der Waals surface area contributed by atoms with Crippen molar-refractivity contribution in [1.82, 2.24) is 0 Å². The first kappa shape index (κ1) is 10.1. The van der Waals surface area contributed by atoms with Crippen molar-refractivity contribution in [1.29, 1.82) is 0 Å². The monoisotopic (exact) mass is 323 g/mol. The van der Waals surface area contributed by atoms with E-state index in [1.165, 1.54) is 22.6 Å². The predicted octanol–water partition coefficient (Wildman–Crippen LogP) is 0.251. The van der Waals surface area contributed by atoms with Crippen molar-refractivity contribution >= 4 is 10.7 Å². The van der Waals surface area contributed by atoms with Crippen LogP contribution in [0, 0.1) is 10.1 Å². The third-order valence-electron chi connectivity index (χ3n) is 0.788. The SMILES string of the molecule is O=CC=C/C=C(\[CH]=[W])[N+](=O)[O-]. The zero-order valence-corrected chi connectivity index (χ0v) is 8.40. The molecule has 58 valence electrons. The fourth-order valence-electron chi connectivity index (χ4n) is 0.343. The van der Waals surface area contributed by atoms with Crippen molar-refractivity contribution in [3.8, 4) is 0 Å². The minimum atomic E-state index is -0.498. The fraction of sp³-hybridized carbons (Fsp3) is 0. The van der Waals surface area contributed by atoms with Gasteiger partial charge >= 0.3 is 73.8 Å². The molecule has 0 aromatic carbocycles. The van der Waals surface area contributed by atoms with Gasteiger partial charge in [0, 0.05) is 0 Å². The fourth-order valence-corrected chi connectivity index (χ4v) is 0.934. The van der Waals surface area contributed by atoms with Crippen molar-refractivity contribution in [3.05, 3.63) is 34.0 Å². The van der Waals surface area contributed by atoms with Crippen molar-refractivity contribution < 1.29 is 29.1 Å². The molecule has 11 heavy (non-hydrogen) atoms. The number of hydrogen-bond acceptors (Lipinski definition) is 3. The Kier molecular flexibility index (Phi) is 5.39. The Morgan fingerprint density at radius 2 is 2.09 bits per heavy atom. The molecule has 0 rings (SSSR count). The summed E-state index contributed by atoms with van der Waals surface area (Å²) in [5.41, 5.74) is 0.0121. The van der Waals surface area contributed by atoms with Crippen molar-refractivity contribution in [2.45, 2.75) is 0 Å². The summed E-state index contributed by atoms with van der Waals surface area (Å²) in [6, 6.07) is 0. The van der Waals surface area contributed by atoms with Crippen LogP contribution in [-0.4, -0.2) is 15.6 Å². The molecular weight excluding hydrogens is 318 g/mol. The van der Waals surface area contributed by atoms with Crippen LogP contribution in [-0.2, 0) is 24.1 Å². The normalized spacial score (nSPS) is 11.5. The van der Waals surface area contributed by atoms with Gasteiger partial charge in [0.05, 0.1) is 0 Å². The van der Waals surface area contributed by atoms with Gasteiger partial charge in [0.15, 0.2) is 0 Å². The van der Waals surface area contributed by atoms with E-state index in [2.05, 4.69) is 0 Å². The van der Waals surface area contributed by atoms with E-state index in [0.717, 1.165) is 19.4 Å². The molecule has 0 atom stereocenters. The second kappa shape index (κ2) is 5.86. The third-order valence-corrected chi connectivity index (χ3v) is 1.66. The summed E-state index contributed by atoms with van der Waals surface area (Å²) in [6.45, 7) is 0. The number of allylic oxidation sites excluding steroid dienone is 4. The molecule has 0 fully saturated rings. The van der Waals surface area contributed by atoms with Gasteiger partial charge in [-0.2, -0.15) is 0 Å².